The molecule has 0 unspecified atom stereocenters. The molecule has 5 nitrogen and oxygen atoms in total. The molecule has 0 amide bonds. The predicted molar refractivity (Wildman–Crippen MR) is 244 cm³/mol. The van der Waals surface area contributed by atoms with Crippen LogP contribution in [-0.2, 0) is 6.54 Å². The molecule has 6 aromatic carbocycles. The van der Waals surface area contributed by atoms with Crippen LogP contribution in [0, 0.1) is 0 Å². The number of aromatic nitrogens is 2. The number of fused-ring (bicyclic) bond motifs is 9. The molecular weight excluding hydrogens is 715 g/mol. The van der Waals surface area contributed by atoms with Gasteiger partial charge in [0.25, 0.3) is 0 Å². The zero-order valence-electron chi connectivity index (χ0n) is 31.4. The first-order valence-electron chi connectivity index (χ1n) is 19.8. The fraction of sp³-hybridized carbons (Fsp3) is 0.0980. The largest absolute Gasteiger partial charge is 0.383 e. The highest BCUT2D eigenvalue weighted by molar-refractivity contribution is 7.26. The number of aliphatic imine (C=N–C) groups is 2. The SMILES string of the molecule is NC(=NC(=NCc1ccccc1)c1cc(-n2c3ccccc3c3cc4c(cc32)c2ccccc2n4C2=CCCC=C2)cc2c1sc1ccccc12)C1=CCCC=C1. The van der Waals surface area contributed by atoms with Crippen molar-refractivity contribution in [2.45, 2.75) is 32.2 Å². The lowest BCUT2D eigenvalue weighted by molar-refractivity contribution is 1.02. The average Bonchev–Trinajstić information content (AvgIpc) is 3.92. The standard InChI is InChI=1S/C51H39N5S/c52-50(34-18-6-2-7-19-34)54-51(53-32-33-16-4-1-5-17-33)43-29-36(28-42-39-24-12-15-27-48(39)57-49(42)43)56-45-26-14-11-23-38(45)41-30-46-40(31-47(41)56)37-22-10-13-25-44(37)55(46)35-20-8-3-9-21-35/h1,4-6,8,10-31H,2-3,7,9,32H2,(H2,52,53,54). The Morgan fingerprint density at radius 3 is 1.95 bits per heavy atom. The molecular formula is C51H39N5S. The Morgan fingerprint density at radius 1 is 0.579 bits per heavy atom. The molecule has 274 valence electrons. The fourth-order valence-electron chi connectivity index (χ4n) is 8.77. The van der Waals surface area contributed by atoms with E-state index in [0.717, 1.165) is 63.8 Å². The molecule has 57 heavy (non-hydrogen) atoms. The molecule has 0 atom stereocenters. The Bertz CT molecular complexity index is 3270. The van der Waals surface area contributed by atoms with Crippen molar-refractivity contribution >= 4 is 92.5 Å². The Labute approximate surface area is 334 Å². The highest BCUT2D eigenvalue weighted by atomic mass is 32.1. The number of rotatable bonds is 6. The highest BCUT2D eigenvalue weighted by Crippen LogP contribution is 2.43. The minimum absolute atomic E-state index is 0.482. The number of amidine groups is 2. The lowest BCUT2D eigenvalue weighted by atomic mass is 10.1. The summed E-state index contributed by atoms with van der Waals surface area (Å²) in [6.07, 6.45) is 17.4. The molecule has 0 fully saturated rings. The van der Waals surface area contributed by atoms with Gasteiger partial charge in [0.2, 0.25) is 0 Å². The Morgan fingerprint density at radius 2 is 1.23 bits per heavy atom. The number of para-hydroxylation sites is 2. The Kier molecular flexibility index (Phi) is 8.11. The number of hydrogen-bond acceptors (Lipinski definition) is 2. The van der Waals surface area contributed by atoms with Crippen LogP contribution in [0.5, 0.6) is 0 Å². The van der Waals surface area contributed by atoms with Crippen molar-refractivity contribution in [3.8, 4) is 5.69 Å². The first kappa shape index (κ1) is 33.6. The van der Waals surface area contributed by atoms with Crippen molar-refractivity contribution in [2.75, 3.05) is 0 Å². The van der Waals surface area contributed by atoms with Gasteiger partial charge in [-0.3, -0.25) is 4.99 Å². The van der Waals surface area contributed by atoms with Gasteiger partial charge in [-0.05, 0) is 79.8 Å². The maximum Gasteiger partial charge on any atom is 0.158 e. The van der Waals surface area contributed by atoms with Crippen molar-refractivity contribution in [3.05, 3.63) is 181 Å². The van der Waals surface area contributed by atoms with Gasteiger partial charge in [0.15, 0.2) is 5.84 Å². The summed E-state index contributed by atoms with van der Waals surface area (Å²) in [6.45, 7) is 0.488. The van der Waals surface area contributed by atoms with Gasteiger partial charge < -0.3 is 14.9 Å². The summed E-state index contributed by atoms with van der Waals surface area (Å²) in [7, 11) is 0. The van der Waals surface area contributed by atoms with E-state index in [4.69, 9.17) is 15.7 Å². The lowest BCUT2D eigenvalue weighted by Gasteiger charge is -2.14. The summed E-state index contributed by atoms with van der Waals surface area (Å²) >= 11 is 1.79. The molecule has 0 saturated heterocycles. The summed E-state index contributed by atoms with van der Waals surface area (Å²) in [6, 6.07) is 46.2. The van der Waals surface area contributed by atoms with Gasteiger partial charge in [0.05, 0.1) is 28.6 Å². The quantitative estimate of drug-likeness (QED) is 0.133. The zero-order valence-corrected chi connectivity index (χ0v) is 32.2. The van der Waals surface area contributed by atoms with E-state index in [9.17, 15) is 0 Å². The molecule has 6 heteroatoms. The molecule has 2 aliphatic carbocycles. The fourth-order valence-corrected chi connectivity index (χ4v) is 9.97. The van der Waals surface area contributed by atoms with E-state index in [1.165, 1.54) is 53.7 Å². The number of hydrogen-bond donors (Lipinski definition) is 1. The lowest BCUT2D eigenvalue weighted by Crippen LogP contribution is -2.18. The monoisotopic (exact) mass is 753 g/mol. The van der Waals surface area contributed by atoms with Gasteiger partial charge in [-0.15, -0.1) is 11.3 Å². The molecule has 2 aliphatic rings. The van der Waals surface area contributed by atoms with Crippen molar-refractivity contribution in [1.82, 2.24) is 9.13 Å². The Balaban J connectivity index is 1.21. The first-order valence-corrected chi connectivity index (χ1v) is 20.6. The highest BCUT2D eigenvalue weighted by Gasteiger charge is 2.22. The third-order valence-electron chi connectivity index (χ3n) is 11.4. The van der Waals surface area contributed by atoms with Crippen molar-refractivity contribution in [2.24, 2.45) is 15.7 Å². The molecule has 9 aromatic rings. The third-order valence-corrected chi connectivity index (χ3v) is 12.7. The van der Waals surface area contributed by atoms with Crippen LogP contribution in [0.1, 0.15) is 36.8 Å². The van der Waals surface area contributed by atoms with Crippen molar-refractivity contribution in [1.29, 1.82) is 0 Å². The molecule has 2 N–H and O–H groups in total. The van der Waals surface area contributed by atoms with E-state index in [1.54, 1.807) is 11.3 Å². The molecule has 0 bridgehead atoms. The van der Waals surface area contributed by atoms with Crippen LogP contribution in [0.15, 0.2) is 179 Å². The van der Waals surface area contributed by atoms with E-state index in [1.807, 2.05) is 6.07 Å². The molecule has 3 aromatic heterocycles. The Hall–Kier alpha value is -6.76. The van der Waals surface area contributed by atoms with E-state index in [-0.39, 0.29) is 0 Å². The average molecular weight is 754 g/mol. The smallest absolute Gasteiger partial charge is 0.158 e. The maximum atomic E-state index is 6.85. The van der Waals surface area contributed by atoms with E-state index >= 15 is 0 Å². The summed E-state index contributed by atoms with van der Waals surface area (Å²) < 4.78 is 7.27. The second kappa shape index (κ2) is 13.8. The number of benzene rings is 6. The molecule has 0 aliphatic heterocycles. The predicted octanol–water partition coefficient (Wildman–Crippen LogP) is 13.0. The number of allylic oxidation sites excluding steroid dienone is 6. The molecule has 0 saturated carbocycles. The van der Waals surface area contributed by atoms with Gasteiger partial charge >= 0.3 is 0 Å². The number of nitrogens with zero attached hydrogens (tertiary/aromatic N) is 4. The minimum Gasteiger partial charge on any atom is -0.383 e. The van der Waals surface area contributed by atoms with Crippen LogP contribution in [0.3, 0.4) is 0 Å². The van der Waals surface area contributed by atoms with E-state index in [2.05, 4.69) is 167 Å². The van der Waals surface area contributed by atoms with Crippen molar-refractivity contribution < 1.29 is 0 Å². The maximum absolute atomic E-state index is 6.85. The third kappa shape index (κ3) is 5.67. The van der Waals surface area contributed by atoms with Gasteiger partial charge in [-0.25, -0.2) is 4.99 Å². The van der Waals surface area contributed by atoms with Crippen LogP contribution in [0.2, 0.25) is 0 Å². The normalized spacial score (nSPS) is 15.2. The molecule has 3 heterocycles. The second-order valence-electron chi connectivity index (χ2n) is 14.9. The van der Waals surface area contributed by atoms with E-state index in [0.29, 0.717) is 18.2 Å². The van der Waals surface area contributed by atoms with Crippen molar-refractivity contribution in [3.63, 3.8) is 0 Å². The van der Waals surface area contributed by atoms with Gasteiger partial charge in [-0.2, -0.15) is 0 Å². The second-order valence-corrected chi connectivity index (χ2v) is 16.0. The topological polar surface area (TPSA) is 60.6 Å². The molecule has 0 spiro atoms. The summed E-state index contributed by atoms with van der Waals surface area (Å²) in [5.41, 5.74) is 16.9. The minimum atomic E-state index is 0.482. The number of thiophene rings is 1. The number of nitrogens with two attached hydrogens (primary N) is 1. The van der Waals surface area contributed by atoms with Crippen LogP contribution < -0.4 is 5.73 Å². The van der Waals surface area contributed by atoms with Crippen LogP contribution in [0.25, 0.3) is 75.2 Å². The van der Waals surface area contributed by atoms with Gasteiger partial charge in [0.1, 0.15) is 5.84 Å². The van der Waals surface area contributed by atoms with Crippen LogP contribution in [0.4, 0.5) is 0 Å². The van der Waals surface area contributed by atoms with Crippen LogP contribution in [-0.4, -0.2) is 20.8 Å². The van der Waals surface area contributed by atoms with Gasteiger partial charge in [0, 0.05) is 64.2 Å². The molecule has 0 radical (unpaired) electrons. The summed E-state index contributed by atoms with van der Waals surface area (Å²) in [4.78, 5) is 10.5. The van der Waals surface area contributed by atoms with Crippen LogP contribution >= 0.6 is 11.3 Å². The van der Waals surface area contributed by atoms with Gasteiger partial charge in [-0.1, -0.05) is 115 Å². The summed E-state index contributed by atoms with van der Waals surface area (Å²) in [5.74, 6) is 1.12. The first-order chi connectivity index (χ1) is 28.2. The summed E-state index contributed by atoms with van der Waals surface area (Å²) in [5, 5.41) is 7.32. The zero-order chi connectivity index (χ0) is 37.9. The molecule has 11 rings (SSSR count). The van der Waals surface area contributed by atoms with E-state index < -0.39 is 0 Å².